The van der Waals surface area contributed by atoms with Crippen molar-refractivity contribution in [2.24, 2.45) is 51.8 Å². The van der Waals surface area contributed by atoms with E-state index in [2.05, 4.69) is 62.3 Å². The Morgan fingerprint density at radius 3 is 0.872 bits per heavy atom. The highest BCUT2D eigenvalue weighted by molar-refractivity contribution is 5.17. The van der Waals surface area contributed by atoms with E-state index in [0.717, 1.165) is 57.8 Å². The quantitative estimate of drug-likeness (QED) is 0.498. The first-order valence-corrected chi connectivity index (χ1v) is 16.0. The van der Waals surface area contributed by atoms with Gasteiger partial charge in [0.05, 0.1) is 16.6 Å². The van der Waals surface area contributed by atoms with Gasteiger partial charge in [-0.1, -0.05) is 41.5 Å². The van der Waals surface area contributed by atoms with Gasteiger partial charge in [0.1, 0.15) is 0 Å². The number of rotatable bonds is 3. The highest BCUT2D eigenvalue weighted by atomic mass is 16.2. The van der Waals surface area contributed by atoms with Crippen molar-refractivity contribution in [3.63, 3.8) is 0 Å². The molecule has 9 saturated carbocycles. The van der Waals surface area contributed by atoms with Crippen LogP contribution in [-0.2, 0) is 16.6 Å². The van der Waals surface area contributed by atoms with Crippen molar-refractivity contribution in [3.05, 3.63) is 31.5 Å². The molecule has 9 aliphatic carbocycles. The first-order chi connectivity index (χ1) is 17.9. The van der Waals surface area contributed by atoms with Gasteiger partial charge in [-0.3, -0.25) is 0 Å². The Morgan fingerprint density at radius 1 is 0.462 bits per heavy atom. The molecule has 9 atom stereocenters. The van der Waals surface area contributed by atoms with E-state index in [1.165, 1.54) is 0 Å². The van der Waals surface area contributed by atoms with E-state index < -0.39 is 16.6 Å². The lowest BCUT2D eigenvalue weighted by atomic mass is 9.43. The molecule has 10 rings (SSSR count). The van der Waals surface area contributed by atoms with Crippen molar-refractivity contribution >= 4 is 0 Å². The van der Waals surface area contributed by atoms with Crippen LogP contribution in [0.1, 0.15) is 120 Å². The summed E-state index contributed by atoms with van der Waals surface area (Å²) in [6.45, 7) is 20.4. The zero-order valence-corrected chi connectivity index (χ0v) is 25.9. The van der Waals surface area contributed by atoms with Gasteiger partial charge in [0, 0.05) is 0 Å². The Bertz CT molecular complexity index is 1240. The van der Waals surface area contributed by atoms with Crippen LogP contribution >= 0.6 is 0 Å². The van der Waals surface area contributed by atoms with E-state index in [-0.39, 0.29) is 51.1 Å². The smallest absolute Gasteiger partial charge is 0.247 e. The van der Waals surface area contributed by atoms with Crippen LogP contribution in [0.3, 0.4) is 0 Å². The van der Waals surface area contributed by atoms with Crippen LogP contribution in [0, 0.1) is 51.8 Å². The number of nitrogens with zero attached hydrogens (tertiary/aromatic N) is 3. The zero-order chi connectivity index (χ0) is 28.3. The van der Waals surface area contributed by atoms with Gasteiger partial charge in [-0.25, -0.2) is 28.1 Å². The van der Waals surface area contributed by atoms with Crippen LogP contribution in [-0.4, -0.2) is 13.7 Å². The van der Waals surface area contributed by atoms with Crippen LogP contribution in [0.4, 0.5) is 0 Å². The van der Waals surface area contributed by atoms with Crippen LogP contribution in [0.15, 0.2) is 14.4 Å². The van der Waals surface area contributed by atoms with E-state index in [0.29, 0.717) is 17.8 Å². The first kappa shape index (κ1) is 26.3. The maximum Gasteiger partial charge on any atom is 0.337 e. The minimum Gasteiger partial charge on any atom is -0.247 e. The summed E-state index contributed by atoms with van der Waals surface area (Å²) in [6, 6.07) is 0. The van der Waals surface area contributed by atoms with Crippen LogP contribution in [0.25, 0.3) is 0 Å². The number of hydrogen-bond acceptors (Lipinski definition) is 3. The van der Waals surface area contributed by atoms with Gasteiger partial charge < -0.3 is 0 Å². The normalized spacial score (nSPS) is 47.9. The predicted octanol–water partition coefficient (Wildman–Crippen LogP) is 5.69. The molecule has 6 bridgehead atoms. The summed E-state index contributed by atoms with van der Waals surface area (Å²) in [5, 5.41) is 0. The minimum absolute atomic E-state index is 0.0977. The molecule has 1 aromatic rings. The van der Waals surface area contributed by atoms with E-state index in [4.69, 9.17) is 0 Å². The SMILES string of the molecule is CC1(C)C2CCC(C)(n3c(=O)n(C4(C)CCC5CC4C5(C)C)c(=O)n(C4(C)CCC5CC4C5(C)C)c3=O)C1C2. The van der Waals surface area contributed by atoms with E-state index in [1.54, 1.807) is 13.7 Å². The summed E-state index contributed by atoms with van der Waals surface area (Å²) >= 11 is 0. The molecule has 0 amide bonds. The van der Waals surface area contributed by atoms with Crippen molar-refractivity contribution in [1.82, 2.24) is 13.7 Å². The molecule has 216 valence electrons. The zero-order valence-electron chi connectivity index (χ0n) is 25.9. The van der Waals surface area contributed by atoms with Gasteiger partial charge in [0.15, 0.2) is 0 Å². The Labute approximate surface area is 233 Å². The number of hydrogen-bond donors (Lipinski definition) is 0. The summed E-state index contributed by atoms with van der Waals surface area (Å²) in [7, 11) is 0. The monoisotopic (exact) mass is 537 g/mol. The second-order valence-electron chi connectivity index (χ2n) is 17.5. The molecule has 9 fully saturated rings. The molecule has 39 heavy (non-hydrogen) atoms. The Hall–Kier alpha value is -1.59. The van der Waals surface area contributed by atoms with Crippen molar-refractivity contribution in [3.8, 4) is 0 Å². The van der Waals surface area contributed by atoms with Crippen molar-refractivity contribution < 1.29 is 0 Å². The predicted molar refractivity (Wildman–Crippen MR) is 154 cm³/mol. The third kappa shape index (κ3) is 2.79. The second-order valence-corrected chi connectivity index (χ2v) is 17.5. The van der Waals surface area contributed by atoms with Gasteiger partial charge in [0.25, 0.3) is 0 Å². The molecule has 0 spiro atoms. The first-order valence-electron chi connectivity index (χ1n) is 16.0. The Kier molecular flexibility index (Phi) is 4.89. The fourth-order valence-electron chi connectivity index (χ4n) is 12.3. The van der Waals surface area contributed by atoms with Gasteiger partial charge in [-0.05, 0) is 130 Å². The summed E-state index contributed by atoms with van der Waals surface area (Å²) in [6.07, 6.45) is 8.81. The molecular weight excluding hydrogens is 486 g/mol. The van der Waals surface area contributed by atoms with E-state index >= 15 is 0 Å². The van der Waals surface area contributed by atoms with E-state index in [9.17, 15) is 14.4 Å². The fraction of sp³-hybridized carbons (Fsp3) is 0.909. The van der Waals surface area contributed by atoms with Gasteiger partial charge >= 0.3 is 17.1 Å². The maximum atomic E-state index is 14.8. The van der Waals surface area contributed by atoms with Crippen LogP contribution in [0.2, 0.25) is 0 Å². The molecule has 0 aliphatic heterocycles. The molecule has 6 nitrogen and oxygen atoms in total. The summed E-state index contributed by atoms with van der Waals surface area (Å²) in [4.78, 5) is 44.5. The molecule has 9 unspecified atom stereocenters. The van der Waals surface area contributed by atoms with Crippen molar-refractivity contribution in [2.75, 3.05) is 0 Å². The largest absolute Gasteiger partial charge is 0.337 e. The number of aromatic nitrogens is 3. The topological polar surface area (TPSA) is 66.0 Å². The molecule has 1 heterocycles. The standard InChI is InChI=1S/C33H51N3O3/c1-28(2)19-10-13-31(7,22(28)16-19)34-25(37)35(32(8)14-11-20-17-23(32)29(20,3)4)27(39)36(26(34)38)33(9)15-12-21-18-24(33)30(21,5)6/h19-24H,10-18H2,1-9H3. The molecule has 0 saturated heterocycles. The van der Waals surface area contributed by atoms with Crippen molar-refractivity contribution in [1.29, 1.82) is 0 Å². The molecular formula is C33H51N3O3. The van der Waals surface area contributed by atoms with Gasteiger partial charge in [-0.2, -0.15) is 0 Å². The van der Waals surface area contributed by atoms with Gasteiger partial charge in [0.2, 0.25) is 0 Å². The third-order valence-electron chi connectivity index (χ3n) is 15.3. The Balaban J connectivity index is 1.52. The second kappa shape index (κ2) is 7.24. The maximum absolute atomic E-state index is 14.8. The van der Waals surface area contributed by atoms with E-state index in [1.807, 2.05) is 0 Å². The minimum atomic E-state index is -0.574. The molecule has 0 N–H and O–H groups in total. The lowest BCUT2D eigenvalue weighted by molar-refractivity contribution is -0.162. The Morgan fingerprint density at radius 2 is 0.692 bits per heavy atom. The molecule has 1 aromatic heterocycles. The lowest BCUT2D eigenvalue weighted by Gasteiger charge is -2.66. The number of fused-ring (bicyclic) bond motifs is 6. The molecule has 9 aliphatic rings. The molecule has 6 heteroatoms. The summed E-state index contributed by atoms with van der Waals surface area (Å²) in [5.74, 6) is 2.77. The van der Waals surface area contributed by atoms with Gasteiger partial charge in [-0.15, -0.1) is 0 Å². The average molecular weight is 538 g/mol. The molecule has 0 radical (unpaired) electrons. The average Bonchev–Trinajstić information content (AvgIpc) is 2.82. The highest BCUT2D eigenvalue weighted by Crippen LogP contribution is 2.67. The summed E-state index contributed by atoms with van der Waals surface area (Å²) in [5.41, 5.74) is -2.43. The lowest BCUT2D eigenvalue weighted by Crippen LogP contribution is -2.74. The van der Waals surface area contributed by atoms with Crippen LogP contribution < -0.4 is 17.1 Å². The third-order valence-corrected chi connectivity index (χ3v) is 15.3. The molecule has 0 aromatic carbocycles. The van der Waals surface area contributed by atoms with Crippen molar-refractivity contribution in [2.45, 2.75) is 137 Å². The fourth-order valence-corrected chi connectivity index (χ4v) is 12.3. The highest BCUT2D eigenvalue weighted by Gasteiger charge is 2.65. The van der Waals surface area contributed by atoms with Crippen LogP contribution in [0.5, 0.6) is 0 Å². The summed E-state index contributed by atoms with van der Waals surface area (Å²) < 4.78 is 4.92.